The topological polar surface area (TPSA) is 24.1 Å². The summed E-state index contributed by atoms with van der Waals surface area (Å²) in [6.45, 7) is 0. The molecule has 2 nitrogen and oxygen atoms in total. The lowest BCUT2D eigenvalue weighted by Crippen LogP contribution is -2.35. The van der Waals surface area contributed by atoms with E-state index in [1.807, 2.05) is 6.20 Å². The third kappa shape index (κ3) is 1.47. The molecular formula is C13H14N2. The van der Waals surface area contributed by atoms with Gasteiger partial charge < -0.3 is 5.43 Å². The zero-order valence-corrected chi connectivity index (χ0v) is 8.53. The smallest absolute Gasteiger partial charge is 0.0760 e. The van der Waals surface area contributed by atoms with Crippen molar-refractivity contribution in [3.05, 3.63) is 59.3 Å². The molecule has 76 valence electrons. The summed E-state index contributed by atoms with van der Waals surface area (Å²) < 4.78 is 0. The molecule has 0 spiro atoms. The highest BCUT2D eigenvalue weighted by molar-refractivity contribution is 5.42. The first kappa shape index (κ1) is 8.74. The van der Waals surface area contributed by atoms with Crippen LogP contribution in [0.4, 0.5) is 0 Å². The van der Waals surface area contributed by atoms with Gasteiger partial charge in [-0.15, -0.1) is 0 Å². The summed E-state index contributed by atoms with van der Waals surface area (Å²) in [5.74, 6) is 0. The number of allylic oxidation sites excluding steroid dienone is 1. The predicted octanol–water partition coefficient (Wildman–Crippen LogP) is 2.22. The first-order valence-electron chi connectivity index (χ1n) is 5.40. The molecule has 3 rings (SSSR count). The van der Waals surface area contributed by atoms with Crippen LogP contribution in [-0.2, 0) is 6.42 Å². The molecule has 1 atom stereocenters. The van der Waals surface area contributed by atoms with Crippen LogP contribution < -0.4 is 10.9 Å². The van der Waals surface area contributed by atoms with Crippen molar-refractivity contribution in [1.29, 1.82) is 0 Å². The molecule has 1 aliphatic heterocycles. The Bertz CT molecular complexity index is 432. The van der Waals surface area contributed by atoms with Crippen LogP contribution in [0, 0.1) is 0 Å². The van der Waals surface area contributed by atoms with Gasteiger partial charge in [-0.1, -0.05) is 30.3 Å². The van der Waals surface area contributed by atoms with Gasteiger partial charge in [0.25, 0.3) is 0 Å². The van der Waals surface area contributed by atoms with Crippen LogP contribution in [-0.4, -0.2) is 0 Å². The van der Waals surface area contributed by atoms with Crippen LogP contribution in [0.5, 0.6) is 0 Å². The molecule has 2 N–H and O–H groups in total. The standard InChI is InChI=1S/C13H14N2/c1-2-7-12-10(4-1)5-3-6-11-8-9-14-15-13(11)12/h1-2,4,6-9,13-15H,3,5H2. The Morgan fingerprint density at radius 3 is 3.13 bits per heavy atom. The van der Waals surface area contributed by atoms with E-state index in [2.05, 4.69) is 47.3 Å². The summed E-state index contributed by atoms with van der Waals surface area (Å²) >= 11 is 0. The van der Waals surface area contributed by atoms with Crippen molar-refractivity contribution in [2.75, 3.05) is 0 Å². The summed E-state index contributed by atoms with van der Waals surface area (Å²) in [5.41, 5.74) is 10.6. The minimum atomic E-state index is 0.314. The van der Waals surface area contributed by atoms with Gasteiger partial charge >= 0.3 is 0 Å². The Kier molecular flexibility index (Phi) is 2.07. The molecule has 2 aliphatic rings. The number of aryl methyl sites for hydroxylation is 1. The molecule has 1 aliphatic carbocycles. The van der Waals surface area contributed by atoms with Crippen molar-refractivity contribution in [3.8, 4) is 0 Å². The lowest BCUT2D eigenvalue weighted by atomic mass is 9.95. The number of hydrogen-bond donors (Lipinski definition) is 2. The molecule has 0 aromatic heterocycles. The molecule has 0 radical (unpaired) electrons. The fourth-order valence-corrected chi connectivity index (χ4v) is 2.33. The Morgan fingerprint density at radius 1 is 1.20 bits per heavy atom. The maximum absolute atomic E-state index is 3.31. The van der Waals surface area contributed by atoms with Gasteiger partial charge in [0.1, 0.15) is 0 Å². The first-order valence-corrected chi connectivity index (χ1v) is 5.40. The maximum Gasteiger partial charge on any atom is 0.0760 e. The minimum Gasteiger partial charge on any atom is -0.328 e. The third-order valence-electron chi connectivity index (χ3n) is 3.08. The van der Waals surface area contributed by atoms with E-state index in [0.29, 0.717) is 6.04 Å². The first-order chi connectivity index (χ1) is 7.45. The number of fused-ring (bicyclic) bond motifs is 3. The molecule has 0 fully saturated rings. The van der Waals surface area contributed by atoms with Crippen LogP contribution in [0.1, 0.15) is 23.6 Å². The van der Waals surface area contributed by atoms with E-state index in [1.165, 1.54) is 16.7 Å². The Hall–Kier alpha value is -1.54. The van der Waals surface area contributed by atoms with E-state index < -0.39 is 0 Å². The quantitative estimate of drug-likeness (QED) is 0.668. The second-order valence-electron chi connectivity index (χ2n) is 4.00. The van der Waals surface area contributed by atoms with Gasteiger partial charge in [-0.3, -0.25) is 0 Å². The predicted molar refractivity (Wildman–Crippen MR) is 61.0 cm³/mol. The molecule has 0 saturated heterocycles. The molecule has 1 heterocycles. The number of benzene rings is 1. The van der Waals surface area contributed by atoms with E-state index in [9.17, 15) is 0 Å². The Labute approximate surface area is 89.7 Å². The molecule has 15 heavy (non-hydrogen) atoms. The van der Waals surface area contributed by atoms with Crippen LogP contribution in [0.2, 0.25) is 0 Å². The lowest BCUT2D eigenvalue weighted by Gasteiger charge is -2.24. The normalized spacial score (nSPS) is 23.2. The average molecular weight is 198 g/mol. The highest BCUT2D eigenvalue weighted by Gasteiger charge is 2.21. The molecular weight excluding hydrogens is 184 g/mol. The molecule has 1 aromatic carbocycles. The van der Waals surface area contributed by atoms with E-state index in [1.54, 1.807) is 0 Å². The molecule has 2 heteroatoms. The van der Waals surface area contributed by atoms with Crippen LogP contribution in [0.25, 0.3) is 0 Å². The van der Waals surface area contributed by atoms with Crippen LogP contribution in [0.3, 0.4) is 0 Å². The number of hydrazine groups is 1. The summed E-state index contributed by atoms with van der Waals surface area (Å²) in [5, 5.41) is 0. The van der Waals surface area contributed by atoms with Crippen molar-refractivity contribution in [1.82, 2.24) is 10.9 Å². The zero-order chi connectivity index (χ0) is 10.1. The van der Waals surface area contributed by atoms with Gasteiger partial charge in [-0.05, 0) is 35.6 Å². The molecule has 1 unspecified atom stereocenters. The van der Waals surface area contributed by atoms with E-state index in [4.69, 9.17) is 0 Å². The molecule has 0 bridgehead atoms. The van der Waals surface area contributed by atoms with Gasteiger partial charge in [0.2, 0.25) is 0 Å². The number of hydrogen-bond acceptors (Lipinski definition) is 2. The fraction of sp³-hybridized carbons (Fsp3) is 0.231. The van der Waals surface area contributed by atoms with Crippen molar-refractivity contribution >= 4 is 0 Å². The number of rotatable bonds is 0. The van der Waals surface area contributed by atoms with Crippen molar-refractivity contribution in [2.24, 2.45) is 0 Å². The van der Waals surface area contributed by atoms with E-state index in [0.717, 1.165) is 12.8 Å². The largest absolute Gasteiger partial charge is 0.328 e. The Morgan fingerprint density at radius 2 is 2.13 bits per heavy atom. The van der Waals surface area contributed by atoms with Gasteiger partial charge in [0.15, 0.2) is 0 Å². The highest BCUT2D eigenvalue weighted by atomic mass is 15.4. The minimum absolute atomic E-state index is 0.314. The van der Waals surface area contributed by atoms with Gasteiger partial charge in [0.05, 0.1) is 6.04 Å². The highest BCUT2D eigenvalue weighted by Crippen LogP contribution is 2.30. The second-order valence-corrected chi connectivity index (χ2v) is 4.00. The zero-order valence-electron chi connectivity index (χ0n) is 8.53. The lowest BCUT2D eigenvalue weighted by molar-refractivity contribution is 0.534. The number of nitrogens with one attached hydrogen (secondary N) is 2. The molecule has 0 saturated carbocycles. The SMILES string of the molecule is C1=CC2=CCCc3ccccc3C2NN1. The second kappa shape index (κ2) is 3.55. The van der Waals surface area contributed by atoms with Crippen molar-refractivity contribution in [3.63, 3.8) is 0 Å². The fourth-order valence-electron chi connectivity index (χ4n) is 2.33. The maximum atomic E-state index is 3.31. The van der Waals surface area contributed by atoms with Gasteiger partial charge in [0, 0.05) is 6.20 Å². The molecule has 1 aromatic rings. The van der Waals surface area contributed by atoms with E-state index >= 15 is 0 Å². The van der Waals surface area contributed by atoms with Crippen LogP contribution >= 0.6 is 0 Å². The van der Waals surface area contributed by atoms with Crippen molar-refractivity contribution < 1.29 is 0 Å². The summed E-state index contributed by atoms with van der Waals surface area (Å²) in [6.07, 6.45) is 8.72. The van der Waals surface area contributed by atoms with Gasteiger partial charge in [-0.25, -0.2) is 5.43 Å². The monoisotopic (exact) mass is 198 g/mol. The van der Waals surface area contributed by atoms with E-state index in [-0.39, 0.29) is 0 Å². The Balaban J connectivity index is 2.11. The third-order valence-corrected chi connectivity index (χ3v) is 3.08. The van der Waals surface area contributed by atoms with Crippen molar-refractivity contribution in [2.45, 2.75) is 18.9 Å². The average Bonchev–Trinajstić information content (AvgIpc) is 2.48. The van der Waals surface area contributed by atoms with Crippen LogP contribution in [0.15, 0.2) is 48.2 Å². The van der Waals surface area contributed by atoms with Gasteiger partial charge in [-0.2, -0.15) is 0 Å². The summed E-state index contributed by atoms with van der Waals surface area (Å²) in [7, 11) is 0. The summed E-state index contributed by atoms with van der Waals surface area (Å²) in [6, 6.07) is 8.99. The molecule has 0 amide bonds. The summed E-state index contributed by atoms with van der Waals surface area (Å²) in [4.78, 5) is 0.